The molecular weight excluding hydrogens is 739 g/mol. The lowest BCUT2D eigenvalue weighted by atomic mass is 9.80. The van der Waals surface area contributed by atoms with Crippen LogP contribution in [0.15, 0.2) is 103 Å². The number of fused-ring (bicyclic) bond motifs is 2. The molecule has 0 radical (unpaired) electrons. The lowest BCUT2D eigenvalue weighted by Gasteiger charge is -2.46. The van der Waals surface area contributed by atoms with Gasteiger partial charge in [-0.3, -0.25) is 9.59 Å². The van der Waals surface area contributed by atoms with Crippen molar-refractivity contribution in [3.8, 4) is 0 Å². The summed E-state index contributed by atoms with van der Waals surface area (Å²) >= 11 is 0. The van der Waals surface area contributed by atoms with Gasteiger partial charge in [-0.2, -0.15) is 0 Å². The number of benzene rings is 4. The van der Waals surface area contributed by atoms with Crippen LogP contribution in [0.3, 0.4) is 0 Å². The van der Waals surface area contributed by atoms with Crippen molar-refractivity contribution in [2.75, 3.05) is 33.8 Å². The van der Waals surface area contributed by atoms with E-state index in [4.69, 9.17) is 18.9 Å². The van der Waals surface area contributed by atoms with Crippen LogP contribution in [0.1, 0.15) is 97.2 Å². The highest BCUT2D eigenvalue weighted by Gasteiger charge is 2.62. The first-order valence-corrected chi connectivity index (χ1v) is 21.6. The molecule has 0 unspecified atom stereocenters. The van der Waals surface area contributed by atoms with E-state index in [1.807, 2.05) is 55.4 Å². The van der Waals surface area contributed by atoms with E-state index in [1.165, 1.54) is 22.3 Å². The van der Waals surface area contributed by atoms with Crippen LogP contribution < -0.4 is 10.6 Å². The average Bonchev–Trinajstić information content (AvgIpc) is 3.54. The smallest absolute Gasteiger partial charge is 0.245 e. The first-order valence-electron chi connectivity index (χ1n) is 21.6. The molecule has 1 aliphatic carbocycles. The SMILES string of the molecule is Cc1ccc([C@@]23OC[C@@](C)(C[C@H](OCc4ccccc4)[C@H]2OCc2ccccc2)O3)cc1Cc1ccc(CCCC(=O)NC2(C(=O)NCCN(C)C)CCCCC2)cc1. The van der Waals surface area contributed by atoms with Crippen molar-refractivity contribution < 1.29 is 28.5 Å². The van der Waals surface area contributed by atoms with Crippen molar-refractivity contribution in [3.63, 3.8) is 0 Å². The number of likely N-dealkylation sites (N-methyl/N-ethyl adjacent to an activating group) is 1. The number of carbonyl (C=O) groups excluding carboxylic acids is 2. The molecule has 2 bridgehead atoms. The van der Waals surface area contributed by atoms with Crippen molar-refractivity contribution >= 4 is 11.8 Å². The summed E-state index contributed by atoms with van der Waals surface area (Å²) in [5.41, 5.74) is 6.59. The van der Waals surface area contributed by atoms with E-state index in [2.05, 4.69) is 91.2 Å². The van der Waals surface area contributed by atoms with Gasteiger partial charge in [-0.25, -0.2) is 0 Å². The summed E-state index contributed by atoms with van der Waals surface area (Å²) in [5, 5.41) is 6.24. The molecule has 314 valence electrons. The molecule has 7 rings (SSSR count). The van der Waals surface area contributed by atoms with Gasteiger partial charge in [-0.1, -0.05) is 116 Å². The molecule has 9 heteroatoms. The molecule has 59 heavy (non-hydrogen) atoms. The minimum Gasteiger partial charge on any atom is -0.370 e. The van der Waals surface area contributed by atoms with E-state index in [9.17, 15) is 9.59 Å². The second-order valence-corrected chi connectivity index (χ2v) is 17.5. The first-order chi connectivity index (χ1) is 28.5. The standard InChI is InChI=1S/C50H63N3O6/c1-37-21-26-43(50-46(57-35-41-17-10-6-11-18-41)44(33-48(2,59-50)36-58-50)56-34-40-15-8-5-9-16-40)32-42(37)31-39-24-22-38(23-25-39)19-14-20-45(54)52-49(27-12-7-13-28-49)47(55)51-29-30-53(3)4/h5-6,8-11,15-18,21-26,32,44,46H,7,12-14,19-20,27-31,33-36H2,1-4H3,(H,51,55)(H,52,54)/t44-,46+,48+,50-/m0/s1. The third-order valence-electron chi connectivity index (χ3n) is 12.3. The highest BCUT2D eigenvalue weighted by molar-refractivity contribution is 5.91. The molecule has 2 heterocycles. The predicted molar refractivity (Wildman–Crippen MR) is 231 cm³/mol. The van der Waals surface area contributed by atoms with Crippen molar-refractivity contribution in [2.24, 2.45) is 0 Å². The summed E-state index contributed by atoms with van der Waals surface area (Å²) in [5.74, 6) is -1.22. The molecule has 4 atom stereocenters. The van der Waals surface area contributed by atoms with Gasteiger partial charge >= 0.3 is 0 Å². The highest BCUT2D eigenvalue weighted by Crippen LogP contribution is 2.52. The minimum atomic E-state index is -1.13. The van der Waals surface area contributed by atoms with Crippen LogP contribution >= 0.6 is 0 Å². The Morgan fingerprint density at radius 2 is 1.47 bits per heavy atom. The van der Waals surface area contributed by atoms with Crippen molar-refractivity contribution in [1.29, 1.82) is 0 Å². The second-order valence-electron chi connectivity index (χ2n) is 17.5. The van der Waals surface area contributed by atoms with Gasteiger partial charge in [0, 0.05) is 31.5 Å². The third-order valence-corrected chi connectivity index (χ3v) is 12.3. The minimum absolute atomic E-state index is 0.0443. The van der Waals surface area contributed by atoms with Crippen LogP contribution in [0.2, 0.25) is 0 Å². The topological polar surface area (TPSA) is 98.4 Å². The van der Waals surface area contributed by atoms with Crippen molar-refractivity contribution in [1.82, 2.24) is 15.5 Å². The summed E-state index contributed by atoms with van der Waals surface area (Å²) in [7, 11) is 3.98. The van der Waals surface area contributed by atoms with E-state index in [0.717, 1.165) is 61.8 Å². The van der Waals surface area contributed by atoms with Gasteiger partial charge in [0.05, 0.1) is 31.5 Å². The third kappa shape index (κ3) is 10.7. The van der Waals surface area contributed by atoms with E-state index < -0.39 is 23.0 Å². The first kappa shape index (κ1) is 42.7. The van der Waals surface area contributed by atoms with Crippen LogP contribution in [0, 0.1) is 6.92 Å². The number of nitrogens with one attached hydrogen (secondary N) is 2. The molecule has 4 aromatic rings. The molecule has 3 fully saturated rings. The van der Waals surface area contributed by atoms with Gasteiger partial charge in [0.25, 0.3) is 0 Å². The van der Waals surface area contributed by atoms with Crippen LogP contribution in [-0.4, -0.2) is 73.9 Å². The molecule has 2 aliphatic heterocycles. The monoisotopic (exact) mass is 801 g/mol. The fourth-order valence-corrected chi connectivity index (χ4v) is 8.94. The quantitative estimate of drug-likeness (QED) is 0.106. The van der Waals surface area contributed by atoms with E-state index >= 15 is 0 Å². The lowest BCUT2D eigenvalue weighted by molar-refractivity contribution is -0.316. The second kappa shape index (κ2) is 19.3. The fourth-order valence-electron chi connectivity index (χ4n) is 8.94. The number of carbonyl (C=O) groups is 2. The van der Waals surface area contributed by atoms with E-state index in [1.54, 1.807) is 0 Å². The van der Waals surface area contributed by atoms with Crippen molar-refractivity contribution in [3.05, 3.63) is 142 Å². The van der Waals surface area contributed by atoms with Crippen LogP contribution in [0.25, 0.3) is 0 Å². The van der Waals surface area contributed by atoms with Gasteiger partial charge in [-0.15, -0.1) is 0 Å². The molecule has 0 aromatic heterocycles. The normalized spacial score (nSPS) is 23.5. The number of aryl methyl sites for hydroxylation is 2. The molecule has 2 amide bonds. The van der Waals surface area contributed by atoms with Crippen LogP contribution in [0.5, 0.6) is 0 Å². The lowest BCUT2D eigenvalue weighted by Crippen LogP contribution is -2.60. The Balaban J connectivity index is 1.01. The Kier molecular flexibility index (Phi) is 14.0. The van der Waals surface area contributed by atoms with E-state index in [0.29, 0.717) is 52.0 Å². The van der Waals surface area contributed by atoms with E-state index in [-0.39, 0.29) is 17.9 Å². The molecule has 9 nitrogen and oxygen atoms in total. The van der Waals surface area contributed by atoms with Gasteiger partial charge in [0.2, 0.25) is 17.6 Å². The van der Waals surface area contributed by atoms with Crippen molar-refractivity contribution in [2.45, 2.75) is 120 Å². The summed E-state index contributed by atoms with van der Waals surface area (Å²) in [6.07, 6.45) is 6.94. The van der Waals surface area contributed by atoms with Crippen LogP contribution in [-0.2, 0) is 60.4 Å². The Bertz CT molecular complexity index is 1980. The van der Waals surface area contributed by atoms with Crippen LogP contribution in [0.4, 0.5) is 0 Å². The number of hydrogen-bond acceptors (Lipinski definition) is 7. The molecular formula is C50H63N3O6. The predicted octanol–water partition coefficient (Wildman–Crippen LogP) is 7.94. The Labute approximate surface area is 351 Å². The number of ether oxygens (including phenoxy) is 4. The molecule has 2 saturated heterocycles. The maximum Gasteiger partial charge on any atom is 0.245 e. The Morgan fingerprint density at radius 1 is 0.814 bits per heavy atom. The summed E-state index contributed by atoms with van der Waals surface area (Å²) in [6.45, 7) is 6.94. The highest BCUT2D eigenvalue weighted by atomic mass is 16.8. The average molecular weight is 802 g/mol. The maximum atomic E-state index is 13.3. The maximum absolute atomic E-state index is 13.3. The number of rotatable bonds is 18. The molecule has 1 saturated carbocycles. The number of amides is 2. The largest absolute Gasteiger partial charge is 0.370 e. The zero-order valence-electron chi connectivity index (χ0n) is 35.5. The number of hydrogen-bond donors (Lipinski definition) is 2. The molecule has 3 aliphatic rings. The van der Waals surface area contributed by atoms with Gasteiger partial charge < -0.3 is 34.5 Å². The summed E-state index contributed by atoms with van der Waals surface area (Å²) in [4.78, 5) is 28.5. The number of nitrogens with zero attached hydrogens (tertiary/aromatic N) is 1. The van der Waals surface area contributed by atoms with Gasteiger partial charge in [-0.05, 0) is 99.5 Å². The van der Waals surface area contributed by atoms with Gasteiger partial charge in [0.15, 0.2) is 0 Å². The van der Waals surface area contributed by atoms with Gasteiger partial charge in [0.1, 0.15) is 11.6 Å². The zero-order valence-corrected chi connectivity index (χ0v) is 35.5. The molecule has 2 N–H and O–H groups in total. The Hall–Kier alpha value is -4.38. The fraction of sp³-hybridized carbons (Fsp3) is 0.480. The zero-order chi connectivity index (χ0) is 41.3. The Morgan fingerprint density at radius 3 is 2.15 bits per heavy atom. The summed E-state index contributed by atoms with van der Waals surface area (Å²) in [6, 6.07) is 35.7. The molecule has 0 spiro atoms. The molecule has 4 aromatic carbocycles. The summed E-state index contributed by atoms with van der Waals surface area (Å²) < 4.78 is 27.2.